The molecule has 7 heteroatoms. The average Bonchev–Trinajstić information content (AvgIpc) is 3.10. The number of carbonyl (C=O) groups is 1. The van der Waals surface area contributed by atoms with Crippen LogP contribution in [0.2, 0.25) is 0 Å². The first-order valence-electron chi connectivity index (χ1n) is 5.98. The summed E-state index contributed by atoms with van der Waals surface area (Å²) >= 11 is 0. The van der Waals surface area contributed by atoms with E-state index in [9.17, 15) is 4.79 Å². The summed E-state index contributed by atoms with van der Waals surface area (Å²) in [6.45, 7) is 0. The molecule has 0 radical (unpaired) electrons. The van der Waals surface area contributed by atoms with Crippen LogP contribution in [0.1, 0.15) is 0 Å². The zero-order chi connectivity index (χ0) is 13.9. The molecule has 3 aromatic rings. The number of rotatable bonds is 2. The normalized spacial score (nSPS) is 10.4. The van der Waals surface area contributed by atoms with Crippen LogP contribution in [0.3, 0.4) is 0 Å². The van der Waals surface area contributed by atoms with Crippen LogP contribution in [0.15, 0.2) is 49.3 Å². The molecular weight excluding hydrogens is 256 g/mol. The number of imidazole rings is 1. The van der Waals surface area contributed by atoms with Gasteiger partial charge < -0.3 is 9.88 Å². The summed E-state index contributed by atoms with van der Waals surface area (Å²) in [4.78, 5) is 15.8. The highest BCUT2D eigenvalue weighted by Gasteiger charge is 2.07. The molecule has 0 bridgehead atoms. The highest BCUT2D eigenvalue weighted by Crippen LogP contribution is 2.20. The van der Waals surface area contributed by atoms with E-state index in [2.05, 4.69) is 20.5 Å². The minimum absolute atomic E-state index is 0.266. The fourth-order valence-electron chi connectivity index (χ4n) is 1.85. The molecule has 0 aliphatic rings. The molecule has 1 aromatic carbocycles. The van der Waals surface area contributed by atoms with E-state index in [0.29, 0.717) is 5.69 Å². The lowest BCUT2D eigenvalue weighted by molar-refractivity contribution is 0.253. The summed E-state index contributed by atoms with van der Waals surface area (Å²) in [6.07, 6.45) is 6.21. The molecule has 3 rings (SSSR count). The fourth-order valence-corrected chi connectivity index (χ4v) is 1.85. The third kappa shape index (κ3) is 2.28. The second-order valence-corrected chi connectivity index (χ2v) is 4.25. The number of hydrogen-bond acceptors (Lipinski definition) is 4. The van der Waals surface area contributed by atoms with Crippen molar-refractivity contribution in [2.24, 2.45) is 7.05 Å². The largest absolute Gasteiger partial charge is 0.331 e. The van der Waals surface area contributed by atoms with E-state index in [-0.39, 0.29) is 6.03 Å². The SMILES string of the molecule is Cn1cnnc1-c1cccc(NC(=O)n2ccnc2)c1. The first kappa shape index (κ1) is 12.1. The summed E-state index contributed by atoms with van der Waals surface area (Å²) in [5, 5.41) is 10.7. The minimum atomic E-state index is -0.266. The smallest absolute Gasteiger partial charge is 0.317 e. The van der Waals surface area contributed by atoms with Crippen molar-refractivity contribution in [2.45, 2.75) is 0 Å². The van der Waals surface area contributed by atoms with Crippen LogP contribution < -0.4 is 5.32 Å². The van der Waals surface area contributed by atoms with Gasteiger partial charge in [0.15, 0.2) is 5.82 Å². The highest BCUT2D eigenvalue weighted by atomic mass is 16.2. The number of aromatic nitrogens is 5. The summed E-state index contributed by atoms with van der Waals surface area (Å²) in [6, 6.07) is 7.16. The number of nitrogens with one attached hydrogen (secondary N) is 1. The number of benzene rings is 1. The summed E-state index contributed by atoms with van der Waals surface area (Å²) < 4.78 is 3.19. The number of aryl methyl sites for hydroxylation is 1. The molecule has 7 nitrogen and oxygen atoms in total. The Labute approximate surface area is 114 Å². The lowest BCUT2D eigenvalue weighted by atomic mass is 10.2. The summed E-state index contributed by atoms with van der Waals surface area (Å²) in [7, 11) is 1.87. The van der Waals surface area contributed by atoms with Gasteiger partial charge in [0, 0.05) is 30.7 Å². The van der Waals surface area contributed by atoms with Crippen LogP contribution in [0.25, 0.3) is 11.4 Å². The van der Waals surface area contributed by atoms with Crippen molar-refractivity contribution in [1.82, 2.24) is 24.3 Å². The van der Waals surface area contributed by atoms with E-state index in [1.165, 1.54) is 10.9 Å². The van der Waals surface area contributed by atoms with Crippen molar-refractivity contribution < 1.29 is 4.79 Å². The Balaban J connectivity index is 1.85. The highest BCUT2D eigenvalue weighted by molar-refractivity contribution is 5.91. The molecule has 2 aromatic heterocycles. The molecule has 0 saturated carbocycles. The van der Waals surface area contributed by atoms with Crippen LogP contribution in [0.4, 0.5) is 10.5 Å². The summed E-state index contributed by atoms with van der Waals surface area (Å²) in [5.74, 6) is 0.740. The summed E-state index contributed by atoms with van der Waals surface area (Å²) in [5.41, 5.74) is 1.57. The lowest BCUT2D eigenvalue weighted by Crippen LogP contribution is -2.17. The van der Waals surface area contributed by atoms with Crippen molar-refractivity contribution in [3.05, 3.63) is 49.3 Å². The maximum absolute atomic E-state index is 11.9. The van der Waals surface area contributed by atoms with Crippen LogP contribution in [-0.4, -0.2) is 30.3 Å². The van der Waals surface area contributed by atoms with E-state index in [1.807, 2.05) is 35.9 Å². The van der Waals surface area contributed by atoms with Gasteiger partial charge >= 0.3 is 6.03 Å². The topological polar surface area (TPSA) is 77.6 Å². The van der Waals surface area contributed by atoms with Gasteiger partial charge in [0.2, 0.25) is 0 Å². The van der Waals surface area contributed by atoms with E-state index in [0.717, 1.165) is 11.4 Å². The van der Waals surface area contributed by atoms with Gasteiger partial charge in [-0.1, -0.05) is 12.1 Å². The van der Waals surface area contributed by atoms with Crippen LogP contribution in [0, 0.1) is 0 Å². The third-order valence-corrected chi connectivity index (χ3v) is 2.82. The molecule has 2 heterocycles. The van der Waals surface area contributed by atoms with Gasteiger partial charge in [0.1, 0.15) is 12.7 Å². The standard InChI is InChI=1S/C13H12N6O/c1-18-9-15-17-12(18)10-3-2-4-11(7-10)16-13(20)19-6-5-14-8-19/h2-9H,1H3,(H,16,20). The predicted octanol–water partition coefficient (Wildman–Crippen LogP) is 1.76. The van der Waals surface area contributed by atoms with Crippen LogP contribution in [0.5, 0.6) is 0 Å². The molecule has 0 spiro atoms. The number of amides is 1. The van der Waals surface area contributed by atoms with Crippen molar-refractivity contribution in [2.75, 3.05) is 5.32 Å². The van der Waals surface area contributed by atoms with Gasteiger partial charge in [-0.2, -0.15) is 0 Å². The fraction of sp³-hybridized carbons (Fsp3) is 0.0769. The van der Waals surface area contributed by atoms with E-state index >= 15 is 0 Å². The van der Waals surface area contributed by atoms with Gasteiger partial charge in [-0.05, 0) is 12.1 Å². The Kier molecular flexibility index (Phi) is 3.00. The van der Waals surface area contributed by atoms with Crippen molar-refractivity contribution in [3.63, 3.8) is 0 Å². The van der Waals surface area contributed by atoms with Crippen LogP contribution >= 0.6 is 0 Å². The monoisotopic (exact) mass is 268 g/mol. The molecule has 20 heavy (non-hydrogen) atoms. The Bertz CT molecular complexity index is 731. The zero-order valence-electron chi connectivity index (χ0n) is 10.8. The molecule has 1 amide bonds. The van der Waals surface area contributed by atoms with Crippen LogP contribution in [-0.2, 0) is 7.05 Å². The molecule has 0 fully saturated rings. The molecular formula is C13H12N6O. The van der Waals surface area contributed by atoms with E-state index in [4.69, 9.17) is 0 Å². The Morgan fingerprint density at radius 2 is 2.20 bits per heavy atom. The Morgan fingerprint density at radius 3 is 2.90 bits per heavy atom. The molecule has 0 unspecified atom stereocenters. The van der Waals surface area contributed by atoms with Gasteiger partial charge in [-0.25, -0.2) is 9.78 Å². The van der Waals surface area contributed by atoms with Gasteiger partial charge in [0.05, 0.1) is 0 Å². The molecule has 1 N–H and O–H groups in total. The molecule has 0 atom stereocenters. The average molecular weight is 268 g/mol. The predicted molar refractivity (Wildman–Crippen MR) is 73.1 cm³/mol. The van der Waals surface area contributed by atoms with E-state index < -0.39 is 0 Å². The number of hydrogen-bond donors (Lipinski definition) is 1. The van der Waals surface area contributed by atoms with Crippen molar-refractivity contribution >= 4 is 11.7 Å². The maximum Gasteiger partial charge on any atom is 0.331 e. The van der Waals surface area contributed by atoms with Gasteiger partial charge in [-0.15, -0.1) is 10.2 Å². The number of carbonyl (C=O) groups excluding carboxylic acids is 1. The quantitative estimate of drug-likeness (QED) is 0.768. The minimum Gasteiger partial charge on any atom is -0.317 e. The second-order valence-electron chi connectivity index (χ2n) is 4.25. The first-order chi connectivity index (χ1) is 9.74. The molecule has 100 valence electrons. The second kappa shape index (κ2) is 4.96. The number of anilines is 1. The molecule has 0 saturated heterocycles. The van der Waals surface area contributed by atoms with Gasteiger partial charge in [-0.3, -0.25) is 4.57 Å². The first-order valence-corrected chi connectivity index (χ1v) is 5.98. The maximum atomic E-state index is 11.9. The van der Waals surface area contributed by atoms with E-state index in [1.54, 1.807) is 18.7 Å². The zero-order valence-corrected chi connectivity index (χ0v) is 10.8. The van der Waals surface area contributed by atoms with Gasteiger partial charge in [0.25, 0.3) is 0 Å². The molecule has 0 aliphatic carbocycles. The third-order valence-electron chi connectivity index (χ3n) is 2.82. The lowest BCUT2D eigenvalue weighted by Gasteiger charge is -2.07. The molecule has 0 aliphatic heterocycles. The number of nitrogens with zero attached hydrogens (tertiary/aromatic N) is 5. The van der Waals surface area contributed by atoms with Crippen molar-refractivity contribution in [3.8, 4) is 11.4 Å². The Hall–Kier alpha value is -2.96. The van der Waals surface area contributed by atoms with Crippen molar-refractivity contribution in [1.29, 1.82) is 0 Å². The Morgan fingerprint density at radius 1 is 1.30 bits per heavy atom.